The van der Waals surface area contributed by atoms with E-state index in [1.165, 1.54) is 30.5 Å². The molecule has 0 aliphatic carbocycles. The summed E-state index contributed by atoms with van der Waals surface area (Å²) in [5.41, 5.74) is 7.88. The van der Waals surface area contributed by atoms with Crippen LogP contribution in [0.4, 0.5) is 8.78 Å². The molecule has 3 heteroatoms. The van der Waals surface area contributed by atoms with Crippen LogP contribution in [0.15, 0.2) is 48.5 Å². The summed E-state index contributed by atoms with van der Waals surface area (Å²) in [6.45, 7) is 8.80. The van der Waals surface area contributed by atoms with E-state index in [4.69, 9.17) is 5.73 Å². The molecule has 1 aromatic rings. The Kier molecular flexibility index (Phi) is 5.44. The van der Waals surface area contributed by atoms with Crippen molar-refractivity contribution in [3.8, 4) is 0 Å². The van der Waals surface area contributed by atoms with E-state index in [1.807, 2.05) is 0 Å². The van der Waals surface area contributed by atoms with Crippen LogP contribution in [0.2, 0.25) is 0 Å². The molecule has 106 valence electrons. The van der Waals surface area contributed by atoms with Crippen molar-refractivity contribution in [3.05, 3.63) is 71.0 Å². The van der Waals surface area contributed by atoms with Crippen molar-refractivity contribution in [3.63, 3.8) is 0 Å². The Labute approximate surface area is 118 Å². The van der Waals surface area contributed by atoms with E-state index in [1.54, 1.807) is 26.8 Å². The first-order chi connectivity index (χ1) is 9.40. The summed E-state index contributed by atoms with van der Waals surface area (Å²) in [5.74, 6) is -0.847. The molecule has 0 radical (unpaired) electrons. The third-order valence-electron chi connectivity index (χ3n) is 2.83. The molecular formula is C17H19F2N. The zero-order valence-electron chi connectivity index (χ0n) is 12.0. The van der Waals surface area contributed by atoms with Crippen molar-refractivity contribution in [2.45, 2.75) is 20.8 Å². The van der Waals surface area contributed by atoms with Gasteiger partial charge in [0.1, 0.15) is 11.6 Å². The second kappa shape index (κ2) is 6.85. The Hall–Kier alpha value is -2.16. The SMILES string of the molecule is C=Cc1cc(F)c(C)c(C(/C=C\N)=C(\F)C=C(C)C)c1. The van der Waals surface area contributed by atoms with Crippen LogP contribution in [0.5, 0.6) is 0 Å². The maximum atomic E-state index is 14.3. The first-order valence-electron chi connectivity index (χ1n) is 6.26. The number of rotatable bonds is 4. The highest BCUT2D eigenvalue weighted by Crippen LogP contribution is 2.28. The normalized spacial score (nSPS) is 12.2. The first-order valence-corrected chi connectivity index (χ1v) is 6.26. The Morgan fingerprint density at radius 1 is 1.30 bits per heavy atom. The monoisotopic (exact) mass is 275 g/mol. The quantitative estimate of drug-likeness (QED) is 0.777. The van der Waals surface area contributed by atoms with Gasteiger partial charge in [0.25, 0.3) is 0 Å². The fraction of sp³-hybridized carbons (Fsp3) is 0.176. The number of hydrogen-bond donors (Lipinski definition) is 1. The fourth-order valence-electron chi connectivity index (χ4n) is 1.82. The number of hydrogen-bond acceptors (Lipinski definition) is 1. The van der Waals surface area contributed by atoms with Gasteiger partial charge in [-0.25, -0.2) is 8.78 Å². The van der Waals surface area contributed by atoms with Crippen LogP contribution >= 0.6 is 0 Å². The van der Waals surface area contributed by atoms with Crippen LogP contribution in [-0.2, 0) is 0 Å². The lowest BCUT2D eigenvalue weighted by Crippen LogP contribution is -1.95. The lowest BCUT2D eigenvalue weighted by molar-refractivity contribution is 0.617. The first kappa shape index (κ1) is 15.9. The zero-order valence-corrected chi connectivity index (χ0v) is 12.0. The topological polar surface area (TPSA) is 26.0 Å². The third-order valence-corrected chi connectivity index (χ3v) is 2.83. The fourth-order valence-corrected chi connectivity index (χ4v) is 1.82. The molecule has 1 nitrogen and oxygen atoms in total. The number of nitrogens with two attached hydrogens (primary N) is 1. The van der Waals surface area contributed by atoms with Crippen molar-refractivity contribution in [1.82, 2.24) is 0 Å². The van der Waals surface area contributed by atoms with Crippen LogP contribution in [0.1, 0.15) is 30.5 Å². The predicted octanol–water partition coefficient (Wildman–Crippen LogP) is 4.90. The summed E-state index contributed by atoms with van der Waals surface area (Å²) in [4.78, 5) is 0. The lowest BCUT2D eigenvalue weighted by Gasteiger charge is -2.10. The molecule has 1 aromatic carbocycles. The van der Waals surface area contributed by atoms with Gasteiger partial charge in [0.2, 0.25) is 0 Å². The molecule has 0 atom stereocenters. The minimum absolute atomic E-state index is 0.258. The van der Waals surface area contributed by atoms with E-state index >= 15 is 0 Å². The molecule has 2 N–H and O–H groups in total. The Bertz CT molecular complexity index is 604. The van der Waals surface area contributed by atoms with Crippen molar-refractivity contribution in [2.75, 3.05) is 0 Å². The number of allylic oxidation sites excluding steroid dienone is 5. The average Bonchev–Trinajstić information content (AvgIpc) is 2.38. The molecule has 20 heavy (non-hydrogen) atoms. The van der Waals surface area contributed by atoms with Crippen LogP contribution in [0.25, 0.3) is 11.6 Å². The zero-order chi connectivity index (χ0) is 15.3. The van der Waals surface area contributed by atoms with Crippen LogP contribution in [-0.4, -0.2) is 0 Å². The summed E-state index contributed by atoms with van der Waals surface area (Å²) in [6, 6.07) is 3.06. The summed E-state index contributed by atoms with van der Waals surface area (Å²) >= 11 is 0. The molecular weight excluding hydrogens is 256 g/mol. The minimum Gasteiger partial charge on any atom is -0.405 e. The largest absolute Gasteiger partial charge is 0.405 e. The van der Waals surface area contributed by atoms with E-state index in [9.17, 15) is 8.78 Å². The maximum Gasteiger partial charge on any atom is 0.131 e. The minimum atomic E-state index is -0.449. The maximum absolute atomic E-state index is 14.3. The highest BCUT2D eigenvalue weighted by Gasteiger charge is 2.12. The summed E-state index contributed by atoms with van der Waals surface area (Å²) in [5, 5.41) is 0. The molecule has 0 amide bonds. The molecule has 0 aromatic heterocycles. The van der Waals surface area contributed by atoms with Gasteiger partial charge in [-0.05, 0) is 67.9 Å². The molecule has 0 heterocycles. The molecule has 0 aliphatic rings. The molecule has 0 saturated heterocycles. The van der Waals surface area contributed by atoms with Crippen LogP contribution in [0.3, 0.4) is 0 Å². The smallest absolute Gasteiger partial charge is 0.131 e. The van der Waals surface area contributed by atoms with E-state index in [-0.39, 0.29) is 5.57 Å². The molecule has 0 spiro atoms. The van der Waals surface area contributed by atoms with E-state index in [0.29, 0.717) is 16.7 Å². The molecule has 1 rings (SSSR count). The van der Waals surface area contributed by atoms with Gasteiger partial charge >= 0.3 is 0 Å². The van der Waals surface area contributed by atoms with Gasteiger partial charge < -0.3 is 5.73 Å². The van der Waals surface area contributed by atoms with Crippen LogP contribution in [0, 0.1) is 12.7 Å². The van der Waals surface area contributed by atoms with E-state index < -0.39 is 11.6 Å². The van der Waals surface area contributed by atoms with Crippen molar-refractivity contribution in [1.29, 1.82) is 0 Å². The molecule has 0 aliphatic heterocycles. The standard InChI is InChI=1S/C17H19F2N/c1-5-13-9-15(12(4)16(18)10-13)14(6-7-20)17(19)8-11(2)3/h5-10H,1,20H2,2-4H3/b7-6-,17-14-. The molecule has 0 saturated carbocycles. The van der Waals surface area contributed by atoms with Gasteiger partial charge in [0, 0.05) is 5.57 Å². The summed E-state index contributed by atoms with van der Waals surface area (Å²) in [7, 11) is 0. The number of halogens is 2. The van der Waals surface area contributed by atoms with Gasteiger partial charge in [-0.2, -0.15) is 0 Å². The second-order valence-electron chi connectivity index (χ2n) is 4.72. The van der Waals surface area contributed by atoms with E-state index in [2.05, 4.69) is 6.58 Å². The predicted molar refractivity (Wildman–Crippen MR) is 82.0 cm³/mol. The number of benzene rings is 1. The summed E-state index contributed by atoms with van der Waals surface area (Å²) < 4.78 is 28.2. The lowest BCUT2D eigenvalue weighted by atomic mass is 9.96. The third kappa shape index (κ3) is 3.67. The average molecular weight is 275 g/mol. The summed E-state index contributed by atoms with van der Waals surface area (Å²) in [6.07, 6.45) is 5.59. The Morgan fingerprint density at radius 2 is 1.95 bits per heavy atom. The molecule has 0 bridgehead atoms. The molecule has 0 unspecified atom stereocenters. The van der Waals surface area contributed by atoms with E-state index in [0.717, 1.165) is 5.57 Å². The highest BCUT2D eigenvalue weighted by atomic mass is 19.1. The van der Waals surface area contributed by atoms with Gasteiger partial charge in [0.15, 0.2) is 0 Å². The van der Waals surface area contributed by atoms with Crippen molar-refractivity contribution in [2.24, 2.45) is 5.73 Å². The van der Waals surface area contributed by atoms with Gasteiger partial charge in [-0.15, -0.1) is 0 Å². The van der Waals surface area contributed by atoms with Crippen molar-refractivity contribution < 1.29 is 8.78 Å². The second-order valence-corrected chi connectivity index (χ2v) is 4.72. The van der Waals surface area contributed by atoms with Crippen LogP contribution < -0.4 is 5.73 Å². The van der Waals surface area contributed by atoms with Crippen molar-refractivity contribution >= 4 is 11.6 Å². The van der Waals surface area contributed by atoms with Gasteiger partial charge in [0.05, 0.1) is 0 Å². The Morgan fingerprint density at radius 3 is 2.45 bits per heavy atom. The molecule has 0 fully saturated rings. The van der Waals surface area contributed by atoms with Gasteiger partial charge in [-0.1, -0.05) is 18.2 Å². The Balaban J connectivity index is 3.63. The highest BCUT2D eigenvalue weighted by molar-refractivity contribution is 5.80. The van der Waals surface area contributed by atoms with Gasteiger partial charge in [-0.3, -0.25) is 0 Å².